The van der Waals surface area contributed by atoms with Crippen molar-refractivity contribution in [1.29, 1.82) is 0 Å². The molecule has 0 radical (unpaired) electrons. The van der Waals surface area contributed by atoms with Crippen LogP contribution in [0.3, 0.4) is 0 Å². The van der Waals surface area contributed by atoms with Gasteiger partial charge in [0.05, 0.1) is 12.2 Å². The van der Waals surface area contributed by atoms with Crippen molar-refractivity contribution in [2.45, 2.75) is 20.4 Å². The quantitative estimate of drug-likeness (QED) is 0.531. The predicted octanol–water partition coefficient (Wildman–Crippen LogP) is 2.72. The van der Waals surface area contributed by atoms with Crippen molar-refractivity contribution in [3.8, 4) is 11.4 Å². The van der Waals surface area contributed by atoms with Gasteiger partial charge in [0.1, 0.15) is 5.52 Å². The highest BCUT2D eigenvalue weighted by atomic mass is 16.5. The predicted molar refractivity (Wildman–Crippen MR) is 110 cm³/mol. The highest BCUT2D eigenvalue weighted by Gasteiger charge is 2.22. The van der Waals surface area contributed by atoms with Crippen molar-refractivity contribution in [2.24, 2.45) is 0 Å². The van der Waals surface area contributed by atoms with Gasteiger partial charge < -0.3 is 9.42 Å². The van der Waals surface area contributed by atoms with E-state index in [2.05, 4.69) is 55.1 Å². The average molecular weight is 389 g/mol. The normalized spacial score (nSPS) is 15.3. The number of hydrogen-bond acceptors (Lipinski definition) is 7. The summed E-state index contributed by atoms with van der Waals surface area (Å²) in [5, 5.41) is 8.62. The molecule has 4 heterocycles. The molecule has 0 aliphatic carbocycles. The van der Waals surface area contributed by atoms with E-state index in [0.29, 0.717) is 18.3 Å². The van der Waals surface area contributed by atoms with Crippen LogP contribution in [0.2, 0.25) is 0 Å². The van der Waals surface area contributed by atoms with Crippen molar-refractivity contribution >= 4 is 11.3 Å². The van der Waals surface area contributed by atoms with Crippen molar-refractivity contribution in [3.05, 3.63) is 59.9 Å². The molecule has 0 unspecified atom stereocenters. The molecular formula is C21H23N7O. The van der Waals surface area contributed by atoms with Crippen molar-refractivity contribution in [3.63, 3.8) is 0 Å². The van der Waals surface area contributed by atoms with Gasteiger partial charge in [-0.05, 0) is 19.9 Å². The van der Waals surface area contributed by atoms with E-state index < -0.39 is 0 Å². The summed E-state index contributed by atoms with van der Waals surface area (Å²) in [5.41, 5.74) is 4.24. The van der Waals surface area contributed by atoms with Crippen molar-refractivity contribution in [1.82, 2.24) is 29.6 Å². The van der Waals surface area contributed by atoms with E-state index in [1.165, 1.54) is 5.56 Å². The zero-order valence-corrected chi connectivity index (χ0v) is 16.6. The van der Waals surface area contributed by atoms with E-state index in [9.17, 15) is 0 Å². The maximum atomic E-state index is 5.48. The lowest BCUT2D eigenvalue weighted by Gasteiger charge is -2.34. The first-order chi connectivity index (χ1) is 14.2. The highest BCUT2D eigenvalue weighted by molar-refractivity contribution is 5.69. The summed E-state index contributed by atoms with van der Waals surface area (Å²) in [6.07, 6.45) is 3.70. The summed E-state index contributed by atoms with van der Waals surface area (Å²) in [6.45, 7) is 8.36. The first kappa shape index (κ1) is 17.8. The molecule has 3 aromatic heterocycles. The number of aromatic nitrogens is 5. The monoisotopic (exact) mass is 389 g/mol. The number of rotatable bonds is 4. The molecule has 1 saturated heterocycles. The van der Waals surface area contributed by atoms with Crippen LogP contribution in [0.4, 0.5) is 5.82 Å². The Balaban J connectivity index is 1.24. The zero-order chi connectivity index (χ0) is 19.8. The number of hydrogen-bond donors (Lipinski definition) is 0. The number of benzene rings is 1. The molecule has 29 heavy (non-hydrogen) atoms. The largest absolute Gasteiger partial charge is 0.352 e. The van der Waals surface area contributed by atoms with Crippen molar-refractivity contribution in [2.75, 3.05) is 31.1 Å². The van der Waals surface area contributed by atoms with Gasteiger partial charge in [-0.15, -0.1) is 0 Å². The van der Waals surface area contributed by atoms with Crippen LogP contribution >= 0.6 is 0 Å². The summed E-state index contributed by atoms with van der Waals surface area (Å²) < 4.78 is 7.38. The van der Waals surface area contributed by atoms with Crippen LogP contribution in [0.15, 0.2) is 47.2 Å². The van der Waals surface area contributed by atoms with Gasteiger partial charge in [0, 0.05) is 44.1 Å². The maximum Gasteiger partial charge on any atom is 0.241 e. The molecule has 5 rings (SSSR count). The Morgan fingerprint density at radius 1 is 1.03 bits per heavy atom. The van der Waals surface area contributed by atoms with Gasteiger partial charge in [0.25, 0.3) is 0 Å². The van der Waals surface area contributed by atoms with E-state index in [0.717, 1.165) is 48.8 Å². The van der Waals surface area contributed by atoms with Crippen LogP contribution in [0.5, 0.6) is 0 Å². The molecule has 0 spiro atoms. The molecule has 0 bridgehead atoms. The second kappa shape index (κ2) is 7.29. The minimum absolute atomic E-state index is 0.644. The van der Waals surface area contributed by atoms with Crippen LogP contribution in [0.1, 0.15) is 17.1 Å². The average Bonchev–Trinajstić information content (AvgIpc) is 3.34. The fourth-order valence-electron chi connectivity index (χ4n) is 3.72. The third-order valence-electron chi connectivity index (χ3n) is 5.30. The summed E-state index contributed by atoms with van der Waals surface area (Å²) in [7, 11) is 0. The summed E-state index contributed by atoms with van der Waals surface area (Å²) in [5.74, 6) is 2.29. The fraction of sp³-hybridized carbons (Fsp3) is 0.333. The summed E-state index contributed by atoms with van der Waals surface area (Å²) in [4.78, 5) is 13.8. The van der Waals surface area contributed by atoms with Gasteiger partial charge >= 0.3 is 0 Å². The van der Waals surface area contributed by atoms with Crippen LogP contribution < -0.4 is 4.90 Å². The van der Waals surface area contributed by atoms with Gasteiger partial charge in [-0.3, -0.25) is 4.90 Å². The SMILES string of the molecule is Cc1ccc(-c2noc(CN3CCN(c4nccn5nc(C)cc45)CC3)n2)cc1. The zero-order valence-electron chi connectivity index (χ0n) is 16.6. The summed E-state index contributed by atoms with van der Waals surface area (Å²) >= 11 is 0. The Labute approximate surface area is 168 Å². The van der Waals surface area contributed by atoms with E-state index in [4.69, 9.17) is 4.52 Å². The van der Waals surface area contributed by atoms with Gasteiger partial charge in [-0.1, -0.05) is 35.0 Å². The number of piperazine rings is 1. The lowest BCUT2D eigenvalue weighted by Crippen LogP contribution is -2.46. The molecule has 0 atom stereocenters. The molecule has 8 heteroatoms. The molecule has 1 aliphatic rings. The van der Waals surface area contributed by atoms with Gasteiger partial charge in [0.2, 0.25) is 11.7 Å². The van der Waals surface area contributed by atoms with Gasteiger partial charge in [-0.25, -0.2) is 9.50 Å². The van der Waals surface area contributed by atoms with Crippen LogP contribution in [-0.2, 0) is 6.54 Å². The van der Waals surface area contributed by atoms with E-state index in [-0.39, 0.29) is 0 Å². The minimum Gasteiger partial charge on any atom is -0.352 e. The molecule has 8 nitrogen and oxygen atoms in total. The summed E-state index contributed by atoms with van der Waals surface area (Å²) in [6, 6.07) is 10.2. The molecule has 1 aliphatic heterocycles. The number of anilines is 1. The molecule has 0 N–H and O–H groups in total. The first-order valence-corrected chi connectivity index (χ1v) is 9.84. The van der Waals surface area contributed by atoms with Crippen LogP contribution in [-0.4, -0.2) is 55.8 Å². The Kier molecular flexibility index (Phi) is 4.48. The topological polar surface area (TPSA) is 75.6 Å². The van der Waals surface area contributed by atoms with Gasteiger partial charge in [0.15, 0.2) is 5.82 Å². The third-order valence-corrected chi connectivity index (χ3v) is 5.30. The Morgan fingerprint density at radius 3 is 2.62 bits per heavy atom. The number of fused-ring (bicyclic) bond motifs is 1. The lowest BCUT2D eigenvalue weighted by molar-refractivity contribution is 0.215. The number of nitrogens with zero attached hydrogens (tertiary/aromatic N) is 7. The number of aryl methyl sites for hydroxylation is 2. The molecule has 1 fully saturated rings. The molecule has 0 saturated carbocycles. The molecular weight excluding hydrogens is 366 g/mol. The van der Waals surface area contributed by atoms with E-state index in [1.54, 1.807) is 0 Å². The van der Waals surface area contributed by atoms with Crippen LogP contribution in [0, 0.1) is 13.8 Å². The smallest absolute Gasteiger partial charge is 0.241 e. The molecule has 1 aromatic carbocycles. The standard InChI is InChI=1S/C21H23N7O/c1-15-3-5-17(6-4-15)20-23-19(29-25-20)14-26-9-11-27(12-10-26)21-18-13-16(2)24-28(18)8-7-22-21/h3-8,13H,9-12,14H2,1-2H3. The Morgan fingerprint density at radius 2 is 1.83 bits per heavy atom. The second-order valence-corrected chi connectivity index (χ2v) is 7.51. The Bertz CT molecular complexity index is 1120. The van der Waals surface area contributed by atoms with Gasteiger partial charge in [-0.2, -0.15) is 10.1 Å². The Hall–Kier alpha value is -3.26. The third kappa shape index (κ3) is 3.58. The molecule has 148 valence electrons. The van der Waals surface area contributed by atoms with E-state index >= 15 is 0 Å². The molecule has 0 amide bonds. The second-order valence-electron chi connectivity index (χ2n) is 7.51. The van der Waals surface area contributed by atoms with Crippen LogP contribution in [0.25, 0.3) is 16.9 Å². The molecule has 4 aromatic rings. The van der Waals surface area contributed by atoms with Crippen molar-refractivity contribution < 1.29 is 4.52 Å². The lowest BCUT2D eigenvalue weighted by atomic mass is 10.1. The maximum absolute atomic E-state index is 5.48. The highest BCUT2D eigenvalue weighted by Crippen LogP contribution is 2.22. The minimum atomic E-state index is 0.644. The first-order valence-electron chi connectivity index (χ1n) is 9.84. The fourth-order valence-corrected chi connectivity index (χ4v) is 3.72. The van der Waals surface area contributed by atoms with E-state index in [1.807, 2.05) is 36.0 Å².